The van der Waals surface area contributed by atoms with Crippen molar-refractivity contribution in [1.29, 1.82) is 5.41 Å². The number of imidazole rings is 1. The molecular weight excluding hydrogens is 356 g/mol. The number of hydrogen-bond donors (Lipinski definition) is 1. The molecule has 28 heavy (non-hydrogen) atoms. The summed E-state index contributed by atoms with van der Waals surface area (Å²) in [7, 11) is 7.11. The summed E-state index contributed by atoms with van der Waals surface area (Å²) in [6.45, 7) is 1.59. The standard InChI is InChI=1S/C21H26N4O3/c1-23(2)11-12-24-16-7-5-6-8-17(16)25(21(24)22)14-18(26)15-9-10-19(27-3)20(13-15)28-4/h5-10,13,22H,11-12,14H2,1-4H3. The van der Waals surface area contributed by atoms with E-state index in [1.54, 1.807) is 37.0 Å². The molecule has 3 aromatic rings. The predicted octanol–water partition coefficient (Wildman–Crippen LogP) is 2.38. The van der Waals surface area contributed by atoms with Crippen LogP contribution in [-0.4, -0.2) is 54.7 Å². The molecule has 0 bridgehead atoms. The van der Waals surface area contributed by atoms with Gasteiger partial charge in [0.1, 0.15) is 0 Å². The van der Waals surface area contributed by atoms with Gasteiger partial charge in [0.2, 0.25) is 5.62 Å². The molecule has 7 heteroatoms. The summed E-state index contributed by atoms with van der Waals surface area (Å²) in [5.41, 5.74) is 2.67. The Bertz CT molecular complexity index is 1050. The fraction of sp³-hybridized carbons (Fsp3) is 0.333. The van der Waals surface area contributed by atoms with Crippen LogP contribution in [0.3, 0.4) is 0 Å². The molecule has 0 fully saturated rings. The van der Waals surface area contributed by atoms with Crippen LogP contribution in [-0.2, 0) is 13.1 Å². The number of carbonyl (C=O) groups excluding carboxylic acids is 1. The van der Waals surface area contributed by atoms with E-state index in [0.29, 0.717) is 29.2 Å². The fourth-order valence-electron chi connectivity index (χ4n) is 3.23. The summed E-state index contributed by atoms with van der Waals surface area (Å²) in [6.07, 6.45) is 0. The van der Waals surface area contributed by atoms with Gasteiger partial charge in [0.25, 0.3) is 0 Å². The summed E-state index contributed by atoms with van der Waals surface area (Å²) >= 11 is 0. The first-order valence-corrected chi connectivity index (χ1v) is 9.09. The van der Waals surface area contributed by atoms with Gasteiger partial charge < -0.3 is 23.5 Å². The van der Waals surface area contributed by atoms with Crippen molar-refractivity contribution in [3.63, 3.8) is 0 Å². The molecule has 1 aromatic heterocycles. The van der Waals surface area contributed by atoms with Crippen molar-refractivity contribution in [2.24, 2.45) is 0 Å². The minimum atomic E-state index is -0.0880. The molecule has 1 N–H and O–H groups in total. The Morgan fingerprint density at radius 1 is 1.00 bits per heavy atom. The zero-order chi connectivity index (χ0) is 20.3. The van der Waals surface area contributed by atoms with Crippen LogP contribution in [0.25, 0.3) is 11.0 Å². The molecule has 2 aromatic carbocycles. The fourth-order valence-corrected chi connectivity index (χ4v) is 3.23. The molecule has 0 atom stereocenters. The van der Waals surface area contributed by atoms with Crippen LogP contribution in [0.15, 0.2) is 42.5 Å². The van der Waals surface area contributed by atoms with Crippen molar-refractivity contribution in [2.75, 3.05) is 34.9 Å². The van der Waals surface area contributed by atoms with E-state index < -0.39 is 0 Å². The number of rotatable bonds is 8. The van der Waals surface area contributed by atoms with Crippen molar-refractivity contribution in [1.82, 2.24) is 14.0 Å². The number of Topliss-reactive ketones (excluding diaryl/α,β-unsaturated/α-hetero) is 1. The van der Waals surface area contributed by atoms with E-state index in [1.165, 1.54) is 0 Å². The third-order valence-corrected chi connectivity index (χ3v) is 4.75. The van der Waals surface area contributed by atoms with Gasteiger partial charge in [-0.25, -0.2) is 0 Å². The summed E-state index contributed by atoms with van der Waals surface area (Å²) in [4.78, 5) is 15.0. The highest BCUT2D eigenvalue weighted by Gasteiger charge is 2.16. The number of fused-ring (bicyclic) bond motifs is 1. The maximum absolute atomic E-state index is 12.9. The van der Waals surface area contributed by atoms with E-state index in [0.717, 1.165) is 17.6 Å². The zero-order valence-corrected chi connectivity index (χ0v) is 16.7. The van der Waals surface area contributed by atoms with Gasteiger partial charge in [0.15, 0.2) is 17.3 Å². The lowest BCUT2D eigenvalue weighted by molar-refractivity contribution is 0.0971. The van der Waals surface area contributed by atoms with E-state index in [-0.39, 0.29) is 12.3 Å². The Balaban J connectivity index is 1.97. The van der Waals surface area contributed by atoms with Crippen molar-refractivity contribution in [3.8, 4) is 11.5 Å². The molecule has 0 saturated heterocycles. The SMILES string of the molecule is COc1ccc(C(=O)Cn2c(=N)n(CCN(C)C)c3ccccc32)cc1OC. The number of para-hydroxylation sites is 2. The van der Waals surface area contributed by atoms with Gasteiger partial charge in [0, 0.05) is 18.7 Å². The Morgan fingerprint density at radius 3 is 2.25 bits per heavy atom. The van der Waals surface area contributed by atoms with E-state index in [1.807, 2.05) is 42.9 Å². The highest BCUT2D eigenvalue weighted by Crippen LogP contribution is 2.28. The van der Waals surface area contributed by atoms with Crippen LogP contribution in [0.1, 0.15) is 10.4 Å². The van der Waals surface area contributed by atoms with Crippen molar-refractivity contribution < 1.29 is 14.3 Å². The minimum Gasteiger partial charge on any atom is -0.493 e. The zero-order valence-electron chi connectivity index (χ0n) is 16.7. The highest BCUT2D eigenvalue weighted by molar-refractivity contribution is 5.97. The lowest BCUT2D eigenvalue weighted by Crippen LogP contribution is -2.30. The minimum absolute atomic E-state index is 0.0871. The van der Waals surface area contributed by atoms with E-state index in [4.69, 9.17) is 14.9 Å². The number of carbonyl (C=O) groups is 1. The lowest BCUT2D eigenvalue weighted by atomic mass is 10.1. The Labute approximate surface area is 164 Å². The van der Waals surface area contributed by atoms with Crippen LogP contribution in [0.5, 0.6) is 11.5 Å². The smallest absolute Gasteiger partial charge is 0.203 e. The molecule has 148 valence electrons. The average molecular weight is 382 g/mol. The highest BCUT2D eigenvalue weighted by atomic mass is 16.5. The van der Waals surface area contributed by atoms with Gasteiger partial charge in [0.05, 0.1) is 31.8 Å². The maximum Gasteiger partial charge on any atom is 0.203 e. The van der Waals surface area contributed by atoms with Crippen LogP contribution in [0.4, 0.5) is 0 Å². The van der Waals surface area contributed by atoms with Crippen LogP contribution in [0.2, 0.25) is 0 Å². The van der Waals surface area contributed by atoms with Gasteiger partial charge in [-0.2, -0.15) is 0 Å². The third-order valence-electron chi connectivity index (χ3n) is 4.75. The molecule has 0 spiro atoms. The molecule has 3 rings (SSSR count). The molecule has 1 heterocycles. The van der Waals surface area contributed by atoms with Crippen LogP contribution in [0, 0.1) is 5.41 Å². The van der Waals surface area contributed by atoms with Crippen molar-refractivity contribution >= 4 is 16.8 Å². The van der Waals surface area contributed by atoms with Gasteiger partial charge >= 0.3 is 0 Å². The number of likely N-dealkylation sites (N-methyl/N-ethyl adjacent to an activating group) is 1. The summed E-state index contributed by atoms with van der Waals surface area (Å²) in [5.74, 6) is 1.00. The second-order valence-electron chi connectivity index (χ2n) is 6.85. The number of aromatic nitrogens is 2. The quantitative estimate of drug-likeness (QED) is 0.607. The summed E-state index contributed by atoms with van der Waals surface area (Å²) in [5, 5.41) is 8.63. The third kappa shape index (κ3) is 3.80. The second kappa shape index (κ2) is 8.31. The van der Waals surface area contributed by atoms with Gasteiger partial charge in [-0.15, -0.1) is 0 Å². The number of ether oxygens (including phenoxy) is 2. The number of benzene rings is 2. The normalized spacial score (nSPS) is 11.2. The van der Waals surface area contributed by atoms with Gasteiger partial charge in [-0.05, 0) is 44.4 Å². The first-order chi connectivity index (χ1) is 13.5. The first-order valence-electron chi connectivity index (χ1n) is 9.09. The van der Waals surface area contributed by atoms with Crippen molar-refractivity contribution in [3.05, 3.63) is 53.6 Å². The molecule has 0 amide bonds. The Kier molecular flexibility index (Phi) is 5.84. The average Bonchev–Trinajstić information content (AvgIpc) is 2.97. The topological polar surface area (TPSA) is 72.5 Å². The second-order valence-corrected chi connectivity index (χ2v) is 6.85. The Hall–Kier alpha value is -3.06. The monoisotopic (exact) mass is 382 g/mol. The molecular formula is C21H26N4O3. The number of nitrogens with zero attached hydrogens (tertiary/aromatic N) is 3. The molecule has 0 radical (unpaired) electrons. The summed E-state index contributed by atoms with van der Waals surface area (Å²) < 4.78 is 14.2. The molecule has 0 saturated carbocycles. The van der Waals surface area contributed by atoms with E-state index >= 15 is 0 Å². The predicted molar refractivity (Wildman–Crippen MR) is 108 cm³/mol. The van der Waals surface area contributed by atoms with E-state index in [2.05, 4.69) is 4.90 Å². The lowest BCUT2D eigenvalue weighted by Gasteiger charge is -2.11. The number of hydrogen-bond acceptors (Lipinski definition) is 5. The number of nitrogens with one attached hydrogen (secondary N) is 1. The molecule has 0 aliphatic heterocycles. The maximum atomic E-state index is 12.9. The summed E-state index contributed by atoms with van der Waals surface area (Å²) in [6, 6.07) is 12.9. The van der Waals surface area contributed by atoms with Gasteiger partial charge in [-0.1, -0.05) is 12.1 Å². The molecule has 0 aliphatic carbocycles. The number of methoxy groups -OCH3 is 2. The molecule has 0 unspecified atom stereocenters. The molecule has 0 aliphatic rings. The largest absolute Gasteiger partial charge is 0.493 e. The first kappa shape index (κ1) is 19.7. The van der Waals surface area contributed by atoms with Gasteiger partial charge in [-0.3, -0.25) is 10.2 Å². The van der Waals surface area contributed by atoms with Crippen LogP contribution < -0.4 is 15.1 Å². The van der Waals surface area contributed by atoms with Crippen molar-refractivity contribution in [2.45, 2.75) is 13.1 Å². The Morgan fingerprint density at radius 2 is 1.64 bits per heavy atom. The molecule has 7 nitrogen and oxygen atoms in total. The van der Waals surface area contributed by atoms with Crippen LogP contribution >= 0.6 is 0 Å². The van der Waals surface area contributed by atoms with E-state index in [9.17, 15) is 4.79 Å². The number of ketones is 1.